The van der Waals surface area contributed by atoms with E-state index in [1.54, 1.807) is 0 Å². The molecule has 1 unspecified atom stereocenters. The molecule has 0 spiro atoms. The first kappa shape index (κ1) is 15.2. The summed E-state index contributed by atoms with van der Waals surface area (Å²) in [5, 5.41) is 10.6. The summed E-state index contributed by atoms with van der Waals surface area (Å²) < 4.78 is 0. The lowest BCUT2D eigenvalue weighted by Crippen LogP contribution is -2.30. The predicted molar refractivity (Wildman–Crippen MR) is 78.8 cm³/mol. The molecular formula is C17H28O. The molecule has 0 fully saturated rings. The fraction of sp³-hybridized carbons (Fsp3) is 0.647. The fourth-order valence-corrected chi connectivity index (χ4v) is 2.42. The molecule has 1 aromatic carbocycles. The smallest absolute Gasteiger partial charge is 0.0685 e. The molecule has 0 aliphatic heterocycles. The Morgan fingerprint density at radius 3 is 2.22 bits per heavy atom. The van der Waals surface area contributed by atoms with E-state index in [1.165, 1.54) is 31.2 Å². The number of aliphatic hydroxyl groups is 1. The van der Waals surface area contributed by atoms with Crippen LogP contribution in [0.25, 0.3) is 0 Å². The minimum Gasteiger partial charge on any atom is -0.390 e. The number of unbranched alkanes of at least 4 members (excludes halogenated alkanes) is 4. The van der Waals surface area contributed by atoms with Gasteiger partial charge >= 0.3 is 0 Å². The molecule has 1 rings (SSSR count). The van der Waals surface area contributed by atoms with Gasteiger partial charge in [-0.1, -0.05) is 76.3 Å². The quantitative estimate of drug-likeness (QED) is 0.626. The van der Waals surface area contributed by atoms with Gasteiger partial charge < -0.3 is 5.11 Å². The Labute approximate surface area is 112 Å². The first-order valence-electron chi connectivity index (χ1n) is 7.46. The fourth-order valence-electron chi connectivity index (χ4n) is 2.42. The highest BCUT2D eigenvalue weighted by Crippen LogP contribution is 2.24. The Kier molecular flexibility index (Phi) is 7.04. The van der Waals surface area contributed by atoms with Crippen molar-refractivity contribution in [2.75, 3.05) is 0 Å². The van der Waals surface area contributed by atoms with Crippen LogP contribution in [-0.4, -0.2) is 10.7 Å². The molecule has 0 aliphatic rings. The molecule has 0 aromatic heterocycles. The topological polar surface area (TPSA) is 20.2 Å². The van der Waals surface area contributed by atoms with Crippen molar-refractivity contribution in [3.63, 3.8) is 0 Å². The van der Waals surface area contributed by atoms with Crippen molar-refractivity contribution in [2.24, 2.45) is 0 Å². The van der Waals surface area contributed by atoms with Gasteiger partial charge in [0.1, 0.15) is 0 Å². The van der Waals surface area contributed by atoms with Crippen molar-refractivity contribution in [2.45, 2.75) is 70.8 Å². The third-order valence-corrected chi connectivity index (χ3v) is 3.78. The molecule has 102 valence electrons. The summed E-state index contributed by atoms with van der Waals surface area (Å²) in [6, 6.07) is 10.3. The molecule has 1 N–H and O–H groups in total. The van der Waals surface area contributed by atoms with Gasteiger partial charge in [-0.3, -0.25) is 0 Å². The van der Waals surface area contributed by atoms with Gasteiger partial charge in [0.15, 0.2) is 0 Å². The lowest BCUT2D eigenvalue weighted by atomic mass is 9.87. The Bertz CT molecular complexity index is 307. The Hall–Kier alpha value is -0.820. The van der Waals surface area contributed by atoms with E-state index >= 15 is 0 Å². The second-order valence-corrected chi connectivity index (χ2v) is 5.40. The highest BCUT2D eigenvalue weighted by atomic mass is 16.3. The average molecular weight is 248 g/mol. The van der Waals surface area contributed by atoms with Crippen molar-refractivity contribution in [1.29, 1.82) is 0 Å². The molecular weight excluding hydrogens is 220 g/mol. The van der Waals surface area contributed by atoms with Crippen LogP contribution in [0.4, 0.5) is 0 Å². The van der Waals surface area contributed by atoms with Gasteiger partial charge in [-0.15, -0.1) is 0 Å². The Morgan fingerprint density at radius 2 is 1.61 bits per heavy atom. The molecule has 0 saturated heterocycles. The summed E-state index contributed by atoms with van der Waals surface area (Å²) in [4.78, 5) is 0. The minimum absolute atomic E-state index is 0.506. The molecule has 0 amide bonds. The standard InChI is InChI=1S/C17H28O/c1-3-5-6-7-11-14-17(18,4-2)15-16-12-9-8-10-13-16/h8-10,12-13,18H,3-7,11,14-15H2,1-2H3. The van der Waals surface area contributed by atoms with Crippen molar-refractivity contribution in [3.8, 4) is 0 Å². The van der Waals surface area contributed by atoms with Crippen LogP contribution >= 0.6 is 0 Å². The van der Waals surface area contributed by atoms with Gasteiger partial charge in [0.05, 0.1) is 5.60 Å². The highest BCUT2D eigenvalue weighted by molar-refractivity contribution is 5.16. The molecule has 0 heterocycles. The Morgan fingerprint density at radius 1 is 0.944 bits per heavy atom. The van der Waals surface area contributed by atoms with Gasteiger partial charge in [-0.05, 0) is 18.4 Å². The Balaban J connectivity index is 2.37. The molecule has 1 atom stereocenters. The summed E-state index contributed by atoms with van der Waals surface area (Å²) in [5.41, 5.74) is 0.739. The summed E-state index contributed by atoms with van der Waals surface area (Å²) in [6.45, 7) is 4.33. The van der Waals surface area contributed by atoms with Crippen LogP contribution in [0.15, 0.2) is 30.3 Å². The van der Waals surface area contributed by atoms with Crippen LogP contribution in [0.1, 0.15) is 64.4 Å². The lowest BCUT2D eigenvalue weighted by molar-refractivity contribution is 0.0252. The third kappa shape index (κ3) is 5.68. The molecule has 1 heteroatoms. The van der Waals surface area contributed by atoms with E-state index in [0.29, 0.717) is 0 Å². The zero-order valence-corrected chi connectivity index (χ0v) is 12.0. The van der Waals surface area contributed by atoms with E-state index in [2.05, 4.69) is 26.0 Å². The summed E-state index contributed by atoms with van der Waals surface area (Å²) in [6.07, 6.45) is 8.88. The number of benzene rings is 1. The van der Waals surface area contributed by atoms with E-state index in [4.69, 9.17) is 0 Å². The van der Waals surface area contributed by atoms with Crippen molar-refractivity contribution in [1.82, 2.24) is 0 Å². The normalized spacial score (nSPS) is 14.4. The average Bonchev–Trinajstić information content (AvgIpc) is 2.40. The summed E-state index contributed by atoms with van der Waals surface area (Å²) in [5.74, 6) is 0. The lowest BCUT2D eigenvalue weighted by Gasteiger charge is -2.27. The van der Waals surface area contributed by atoms with Crippen LogP contribution in [0.3, 0.4) is 0 Å². The van der Waals surface area contributed by atoms with Crippen LogP contribution in [-0.2, 0) is 6.42 Å². The number of rotatable bonds is 9. The van der Waals surface area contributed by atoms with Gasteiger partial charge in [0.25, 0.3) is 0 Å². The summed E-state index contributed by atoms with van der Waals surface area (Å²) >= 11 is 0. The minimum atomic E-state index is -0.506. The van der Waals surface area contributed by atoms with Gasteiger partial charge in [-0.2, -0.15) is 0 Å². The van der Waals surface area contributed by atoms with E-state index in [0.717, 1.165) is 25.7 Å². The van der Waals surface area contributed by atoms with Crippen LogP contribution in [0, 0.1) is 0 Å². The van der Waals surface area contributed by atoms with Crippen LogP contribution < -0.4 is 0 Å². The second-order valence-electron chi connectivity index (χ2n) is 5.40. The first-order chi connectivity index (χ1) is 8.70. The van der Waals surface area contributed by atoms with Gasteiger partial charge in [0.2, 0.25) is 0 Å². The zero-order valence-electron chi connectivity index (χ0n) is 12.0. The van der Waals surface area contributed by atoms with Crippen molar-refractivity contribution < 1.29 is 5.11 Å². The third-order valence-electron chi connectivity index (χ3n) is 3.78. The van der Waals surface area contributed by atoms with E-state index in [9.17, 15) is 5.11 Å². The number of hydrogen-bond donors (Lipinski definition) is 1. The molecule has 1 nitrogen and oxygen atoms in total. The molecule has 18 heavy (non-hydrogen) atoms. The van der Waals surface area contributed by atoms with Crippen molar-refractivity contribution in [3.05, 3.63) is 35.9 Å². The van der Waals surface area contributed by atoms with Gasteiger partial charge in [-0.25, -0.2) is 0 Å². The largest absolute Gasteiger partial charge is 0.390 e. The maximum atomic E-state index is 10.6. The summed E-state index contributed by atoms with van der Waals surface area (Å²) in [7, 11) is 0. The van der Waals surface area contributed by atoms with E-state index in [1.807, 2.05) is 18.2 Å². The molecule has 0 aliphatic carbocycles. The number of hydrogen-bond acceptors (Lipinski definition) is 1. The van der Waals surface area contributed by atoms with Crippen molar-refractivity contribution >= 4 is 0 Å². The first-order valence-corrected chi connectivity index (χ1v) is 7.46. The molecule has 1 aromatic rings. The predicted octanol–water partition coefficient (Wildman–Crippen LogP) is 4.73. The highest BCUT2D eigenvalue weighted by Gasteiger charge is 2.24. The SMILES string of the molecule is CCCCCCCC(O)(CC)Cc1ccccc1. The van der Waals surface area contributed by atoms with E-state index in [-0.39, 0.29) is 0 Å². The monoisotopic (exact) mass is 248 g/mol. The second kappa shape index (κ2) is 8.31. The molecule has 0 saturated carbocycles. The maximum Gasteiger partial charge on any atom is 0.0685 e. The zero-order chi connectivity index (χ0) is 13.3. The van der Waals surface area contributed by atoms with Crippen LogP contribution in [0.5, 0.6) is 0 Å². The maximum absolute atomic E-state index is 10.6. The van der Waals surface area contributed by atoms with Crippen LogP contribution in [0.2, 0.25) is 0 Å². The van der Waals surface area contributed by atoms with Gasteiger partial charge in [0, 0.05) is 6.42 Å². The molecule has 0 radical (unpaired) electrons. The van der Waals surface area contributed by atoms with E-state index < -0.39 is 5.60 Å². The molecule has 0 bridgehead atoms.